The summed E-state index contributed by atoms with van der Waals surface area (Å²) in [6.45, 7) is 3.72. The fourth-order valence-corrected chi connectivity index (χ4v) is 3.09. The van der Waals surface area contributed by atoms with Gasteiger partial charge in [-0.25, -0.2) is 9.79 Å². The molecule has 162 valence electrons. The van der Waals surface area contributed by atoms with Crippen molar-refractivity contribution in [3.63, 3.8) is 0 Å². The maximum atomic E-state index is 12.3. The number of nitrogens with zero attached hydrogens (tertiary/aromatic N) is 2. The number of rotatable bonds is 7. The molecule has 0 amide bonds. The van der Waals surface area contributed by atoms with Crippen molar-refractivity contribution in [2.24, 2.45) is 4.99 Å². The molecule has 1 aliphatic rings. The molecule has 0 bridgehead atoms. The lowest BCUT2D eigenvalue weighted by Crippen LogP contribution is -2.07. The van der Waals surface area contributed by atoms with Gasteiger partial charge in [-0.1, -0.05) is 11.6 Å². The van der Waals surface area contributed by atoms with E-state index in [1.807, 2.05) is 13.8 Å². The van der Waals surface area contributed by atoms with E-state index < -0.39 is 10.9 Å². The maximum Gasteiger partial charge on any atom is 0.363 e. The number of ether oxygens (including phenoxy) is 4. The van der Waals surface area contributed by atoms with Crippen LogP contribution in [0, 0.1) is 10.1 Å². The summed E-state index contributed by atoms with van der Waals surface area (Å²) in [5, 5.41) is 11.5. The summed E-state index contributed by atoms with van der Waals surface area (Å²) >= 11 is 6.32. The molecule has 0 aromatic heterocycles. The standard InChI is InChI=1S/C21H19ClN2O7/c1-11(2)30-19-14(22)7-12(9-18(19)29-4)8-15-21(25)31-20(23-15)13-5-6-17(28-3)16(10-13)24(26)27/h5-11H,1-4H3. The van der Waals surface area contributed by atoms with Crippen molar-refractivity contribution in [2.45, 2.75) is 20.0 Å². The van der Waals surface area contributed by atoms with Gasteiger partial charge >= 0.3 is 11.7 Å². The normalized spacial score (nSPS) is 14.5. The van der Waals surface area contributed by atoms with Crippen LogP contribution in [0.2, 0.25) is 5.02 Å². The van der Waals surface area contributed by atoms with Crippen LogP contribution in [0.25, 0.3) is 6.08 Å². The third kappa shape index (κ3) is 4.77. The lowest BCUT2D eigenvalue weighted by molar-refractivity contribution is -0.385. The van der Waals surface area contributed by atoms with E-state index in [4.69, 9.17) is 30.5 Å². The van der Waals surface area contributed by atoms with Gasteiger partial charge in [0, 0.05) is 11.6 Å². The van der Waals surface area contributed by atoms with E-state index in [-0.39, 0.29) is 34.7 Å². The summed E-state index contributed by atoms with van der Waals surface area (Å²) in [6.07, 6.45) is 1.36. The molecule has 1 aliphatic heterocycles. The summed E-state index contributed by atoms with van der Waals surface area (Å²) in [4.78, 5) is 27.1. The molecule has 0 saturated heterocycles. The highest BCUT2D eigenvalue weighted by molar-refractivity contribution is 6.32. The Bertz CT molecular complexity index is 1110. The molecule has 0 unspecified atom stereocenters. The first-order chi connectivity index (χ1) is 14.7. The first kappa shape index (κ1) is 22.1. The van der Waals surface area contributed by atoms with Crippen LogP contribution in [-0.2, 0) is 9.53 Å². The minimum Gasteiger partial charge on any atom is -0.493 e. The number of methoxy groups -OCH3 is 2. The smallest absolute Gasteiger partial charge is 0.363 e. The van der Waals surface area contributed by atoms with Crippen molar-refractivity contribution < 1.29 is 28.7 Å². The molecule has 0 radical (unpaired) electrons. The van der Waals surface area contributed by atoms with Gasteiger partial charge in [0.1, 0.15) is 0 Å². The number of benzene rings is 2. The maximum absolute atomic E-state index is 12.3. The van der Waals surface area contributed by atoms with Gasteiger partial charge in [0.2, 0.25) is 5.90 Å². The molecule has 0 atom stereocenters. The Morgan fingerprint density at radius 3 is 2.48 bits per heavy atom. The predicted molar refractivity (Wildman–Crippen MR) is 114 cm³/mol. The van der Waals surface area contributed by atoms with Crippen molar-refractivity contribution in [2.75, 3.05) is 14.2 Å². The number of nitro groups is 1. The molecule has 2 aromatic rings. The summed E-state index contributed by atoms with van der Waals surface area (Å²) < 4.78 is 21.2. The number of hydrogen-bond donors (Lipinski definition) is 0. The molecule has 10 heteroatoms. The van der Waals surface area contributed by atoms with Gasteiger partial charge in [0.05, 0.1) is 30.3 Å². The van der Waals surface area contributed by atoms with Gasteiger partial charge in [-0.15, -0.1) is 0 Å². The Morgan fingerprint density at radius 2 is 1.87 bits per heavy atom. The Morgan fingerprint density at radius 1 is 1.16 bits per heavy atom. The fraction of sp³-hybridized carbons (Fsp3) is 0.238. The number of cyclic esters (lactones) is 1. The number of esters is 1. The third-order valence-electron chi connectivity index (χ3n) is 4.15. The predicted octanol–water partition coefficient (Wildman–Crippen LogP) is 4.40. The summed E-state index contributed by atoms with van der Waals surface area (Å²) in [7, 11) is 2.80. The van der Waals surface area contributed by atoms with Crippen molar-refractivity contribution >= 4 is 35.2 Å². The van der Waals surface area contributed by atoms with E-state index in [0.717, 1.165) is 0 Å². The second-order valence-corrected chi connectivity index (χ2v) is 7.09. The van der Waals surface area contributed by atoms with Crippen LogP contribution in [0.4, 0.5) is 5.69 Å². The Labute approximate surface area is 183 Å². The average Bonchev–Trinajstić information content (AvgIpc) is 3.09. The average molecular weight is 447 g/mol. The van der Waals surface area contributed by atoms with Crippen molar-refractivity contribution in [3.05, 3.63) is 62.3 Å². The Hall–Kier alpha value is -3.59. The number of carbonyl (C=O) groups excluding carboxylic acids is 1. The van der Waals surface area contributed by atoms with Crippen LogP contribution in [-0.4, -0.2) is 37.1 Å². The third-order valence-corrected chi connectivity index (χ3v) is 4.43. The molecule has 31 heavy (non-hydrogen) atoms. The van der Waals surface area contributed by atoms with Crippen molar-refractivity contribution in [1.29, 1.82) is 0 Å². The minimum atomic E-state index is -0.703. The van der Waals surface area contributed by atoms with Crippen molar-refractivity contribution in [3.8, 4) is 17.2 Å². The summed E-state index contributed by atoms with van der Waals surface area (Å²) in [5.74, 6) is 0.116. The van der Waals surface area contributed by atoms with E-state index in [1.165, 1.54) is 38.5 Å². The summed E-state index contributed by atoms with van der Waals surface area (Å²) in [5.41, 5.74) is 0.536. The molecule has 0 aliphatic carbocycles. The van der Waals surface area contributed by atoms with Crippen LogP contribution in [0.5, 0.6) is 17.2 Å². The number of carbonyl (C=O) groups is 1. The number of nitro benzene ring substituents is 1. The SMILES string of the molecule is COc1ccc(C2=NC(=Cc3cc(Cl)c(OC(C)C)c(OC)c3)C(=O)O2)cc1[N+](=O)[O-]. The highest BCUT2D eigenvalue weighted by Gasteiger charge is 2.27. The van der Waals surface area contributed by atoms with Crippen LogP contribution < -0.4 is 14.2 Å². The lowest BCUT2D eigenvalue weighted by atomic mass is 10.1. The Balaban J connectivity index is 1.98. The zero-order valence-corrected chi connectivity index (χ0v) is 17.9. The van der Waals surface area contributed by atoms with E-state index >= 15 is 0 Å². The van der Waals surface area contributed by atoms with Gasteiger partial charge in [0.15, 0.2) is 22.9 Å². The molecule has 2 aromatic carbocycles. The zero-order chi connectivity index (χ0) is 22.7. The molecule has 9 nitrogen and oxygen atoms in total. The molecule has 1 heterocycles. The van der Waals surface area contributed by atoms with E-state index in [1.54, 1.807) is 12.1 Å². The molecular formula is C21H19ClN2O7. The van der Waals surface area contributed by atoms with Gasteiger partial charge < -0.3 is 18.9 Å². The number of aliphatic imine (C=N–C) groups is 1. The monoisotopic (exact) mass is 446 g/mol. The van der Waals surface area contributed by atoms with E-state index in [0.29, 0.717) is 22.1 Å². The fourth-order valence-electron chi connectivity index (χ4n) is 2.83. The molecular weight excluding hydrogens is 428 g/mol. The highest BCUT2D eigenvalue weighted by Crippen LogP contribution is 2.38. The van der Waals surface area contributed by atoms with Gasteiger partial charge in [-0.2, -0.15) is 0 Å². The quantitative estimate of drug-likeness (QED) is 0.268. The molecule has 0 N–H and O–H groups in total. The second kappa shape index (κ2) is 9.05. The van der Waals surface area contributed by atoms with Crippen molar-refractivity contribution in [1.82, 2.24) is 0 Å². The second-order valence-electron chi connectivity index (χ2n) is 6.68. The highest BCUT2D eigenvalue weighted by atomic mass is 35.5. The van der Waals surface area contributed by atoms with Gasteiger partial charge in [-0.3, -0.25) is 10.1 Å². The number of hydrogen-bond acceptors (Lipinski definition) is 8. The van der Waals surface area contributed by atoms with E-state index in [9.17, 15) is 14.9 Å². The lowest BCUT2D eigenvalue weighted by Gasteiger charge is -2.15. The topological polar surface area (TPSA) is 109 Å². The van der Waals surface area contributed by atoms with Crippen LogP contribution in [0.15, 0.2) is 41.0 Å². The van der Waals surface area contributed by atoms with Crippen LogP contribution >= 0.6 is 11.6 Å². The summed E-state index contributed by atoms with van der Waals surface area (Å²) in [6, 6.07) is 7.40. The molecule has 0 fully saturated rings. The van der Waals surface area contributed by atoms with Crippen LogP contribution in [0.3, 0.4) is 0 Å². The molecule has 3 rings (SSSR count). The Kier molecular flexibility index (Phi) is 6.45. The number of halogens is 1. The van der Waals surface area contributed by atoms with E-state index in [2.05, 4.69) is 4.99 Å². The minimum absolute atomic E-state index is 0.00381. The van der Waals surface area contributed by atoms with Gasteiger partial charge in [0.25, 0.3) is 0 Å². The zero-order valence-electron chi connectivity index (χ0n) is 17.2. The van der Waals surface area contributed by atoms with Crippen LogP contribution in [0.1, 0.15) is 25.0 Å². The largest absolute Gasteiger partial charge is 0.493 e. The molecule has 0 saturated carbocycles. The first-order valence-electron chi connectivity index (χ1n) is 9.13. The van der Waals surface area contributed by atoms with Gasteiger partial charge in [-0.05, 0) is 49.8 Å². The first-order valence-corrected chi connectivity index (χ1v) is 9.50. The molecule has 0 spiro atoms.